The van der Waals surface area contributed by atoms with Gasteiger partial charge in [-0.2, -0.15) is 0 Å². The molecule has 0 saturated heterocycles. The maximum Gasteiger partial charge on any atom is 0.0534 e. The van der Waals surface area contributed by atoms with E-state index in [1.165, 1.54) is 57.0 Å². The van der Waals surface area contributed by atoms with Gasteiger partial charge in [-0.25, -0.2) is 0 Å². The number of hydrogen-bond donors (Lipinski definition) is 0. The van der Waals surface area contributed by atoms with E-state index in [1.54, 1.807) is 4.91 Å². The fraction of sp³-hybridized carbons (Fsp3) is 0.116. The molecule has 0 saturated carbocycles. The lowest BCUT2D eigenvalue weighted by Crippen LogP contribution is -2.27. The van der Waals surface area contributed by atoms with Gasteiger partial charge in [0.25, 0.3) is 0 Å². The summed E-state index contributed by atoms with van der Waals surface area (Å²) in [5, 5.41) is 2.78. The van der Waals surface area contributed by atoms with Gasteiger partial charge in [-0.1, -0.05) is 92.0 Å². The Morgan fingerprint density at radius 2 is 1.50 bits per heavy atom. The van der Waals surface area contributed by atoms with Crippen LogP contribution in [0.25, 0.3) is 44.5 Å². The van der Waals surface area contributed by atoms with Crippen LogP contribution in [0.15, 0.2) is 143 Å². The molecule has 0 unspecified atom stereocenters. The van der Waals surface area contributed by atoms with Crippen LogP contribution < -0.4 is 9.75 Å². The van der Waals surface area contributed by atoms with Gasteiger partial charge in [0, 0.05) is 51.8 Å². The molecule has 2 aromatic heterocycles. The zero-order valence-corrected chi connectivity index (χ0v) is 27.8. The smallest absolute Gasteiger partial charge is 0.0534 e. The number of allylic oxidation sites excluding steroid dienone is 2. The first-order valence-electron chi connectivity index (χ1n) is 16.1. The lowest BCUT2D eigenvalue weighted by atomic mass is 9.97. The molecule has 0 spiro atoms. The summed E-state index contributed by atoms with van der Waals surface area (Å²) in [6, 6.07) is 41.0. The molecule has 46 heavy (non-hydrogen) atoms. The molecule has 226 valence electrons. The predicted molar refractivity (Wildman–Crippen MR) is 201 cm³/mol. The Balaban J connectivity index is 1.51. The largest absolute Gasteiger partial charge is 0.313 e. The van der Waals surface area contributed by atoms with Gasteiger partial charge in [0.2, 0.25) is 0 Å². The fourth-order valence-corrected chi connectivity index (χ4v) is 13.4. The topological polar surface area (TPSA) is 4.93 Å². The standard InChI is InChI=1S/C43H37NS2/c1-4-38-42(30(2)3)37-24-11-13-26-39(37)44(38)31-17-15-22-34(29-31)46(32-18-7-5-8-19-32,33-20-9-6-10-21-33)41-28-16-25-36-35-23-12-14-27-40(35)45-43(36)41/h4-12,14-15,17-25,27,29H,1-2,13,16,26,28H2,3H3. The summed E-state index contributed by atoms with van der Waals surface area (Å²) in [5.74, 6) is 0. The van der Waals surface area contributed by atoms with Gasteiger partial charge >= 0.3 is 0 Å². The highest BCUT2D eigenvalue weighted by Gasteiger charge is 2.37. The number of aromatic nitrogens is 1. The Labute approximate surface area is 277 Å². The van der Waals surface area contributed by atoms with Gasteiger partial charge in [-0.05, 0) is 103 Å². The zero-order chi connectivity index (χ0) is 31.3. The molecular formula is C43H37NS2. The summed E-state index contributed by atoms with van der Waals surface area (Å²) in [7, 11) is -1.84. The molecule has 0 atom stereocenters. The lowest BCUT2D eigenvalue weighted by Gasteiger charge is -2.44. The third kappa shape index (κ3) is 4.37. The van der Waals surface area contributed by atoms with Crippen molar-refractivity contribution >= 4 is 60.2 Å². The average molecular weight is 632 g/mol. The average Bonchev–Trinajstić information content (AvgIpc) is 3.66. The van der Waals surface area contributed by atoms with E-state index in [9.17, 15) is 0 Å². The molecule has 1 nitrogen and oxygen atoms in total. The molecule has 2 heterocycles. The van der Waals surface area contributed by atoms with Crippen LogP contribution in [0.3, 0.4) is 0 Å². The van der Waals surface area contributed by atoms with Gasteiger partial charge in [-0.3, -0.25) is 0 Å². The lowest BCUT2D eigenvalue weighted by molar-refractivity contribution is 0.868. The second kappa shape index (κ2) is 11.7. The van der Waals surface area contributed by atoms with Crippen LogP contribution in [0.1, 0.15) is 48.7 Å². The molecule has 8 rings (SSSR count). The van der Waals surface area contributed by atoms with Gasteiger partial charge in [0.15, 0.2) is 0 Å². The van der Waals surface area contributed by atoms with Crippen molar-refractivity contribution in [2.45, 2.75) is 47.3 Å². The third-order valence-corrected chi connectivity index (χ3v) is 14.8. The van der Waals surface area contributed by atoms with E-state index in [2.05, 4.69) is 152 Å². The molecule has 0 bridgehead atoms. The van der Waals surface area contributed by atoms with Crippen LogP contribution in [0.2, 0.25) is 0 Å². The Kier molecular flexibility index (Phi) is 7.32. The fourth-order valence-electron chi connectivity index (χ4n) is 7.57. The molecule has 0 aliphatic heterocycles. The minimum absolute atomic E-state index is 0.998. The molecule has 0 amide bonds. The summed E-state index contributed by atoms with van der Waals surface area (Å²) in [5.41, 5.74) is 7.24. The SMILES string of the molecule is C=Cc1c(C(=C)C)c2c(n1-c1cccc(S(C3=c4sc5ccccc5c4=CCC3)(c3ccccc3)c3ccccc3)c1)CCC=C2. The monoisotopic (exact) mass is 631 g/mol. The molecule has 2 aliphatic rings. The molecule has 0 N–H and O–H groups in total. The van der Waals surface area contributed by atoms with Crippen LogP contribution >= 0.6 is 21.4 Å². The molecule has 4 aromatic carbocycles. The van der Waals surface area contributed by atoms with E-state index in [1.807, 2.05) is 17.4 Å². The van der Waals surface area contributed by atoms with E-state index < -0.39 is 10.0 Å². The van der Waals surface area contributed by atoms with Crippen LogP contribution in [-0.2, 0) is 6.42 Å². The van der Waals surface area contributed by atoms with E-state index in [-0.39, 0.29) is 0 Å². The van der Waals surface area contributed by atoms with E-state index in [0.29, 0.717) is 0 Å². The van der Waals surface area contributed by atoms with E-state index in [0.717, 1.165) is 37.0 Å². The van der Waals surface area contributed by atoms with Crippen molar-refractivity contribution in [2.75, 3.05) is 0 Å². The van der Waals surface area contributed by atoms with Crippen molar-refractivity contribution in [1.82, 2.24) is 4.57 Å². The summed E-state index contributed by atoms with van der Waals surface area (Å²) >= 11 is 1.97. The predicted octanol–water partition coefficient (Wildman–Crippen LogP) is 11.0. The normalized spacial score (nSPS) is 14.4. The van der Waals surface area contributed by atoms with Crippen LogP contribution in [-0.4, -0.2) is 4.57 Å². The van der Waals surface area contributed by atoms with Crippen molar-refractivity contribution < 1.29 is 0 Å². The summed E-state index contributed by atoms with van der Waals surface area (Å²) < 4.78 is 5.27. The number of hydrogen-bond acceptors (Lipinski definition) is 1. The van der Waals surface area contributed by atoms with E-state index in [4.69, 9.17) is 0 Å². The Morgan fingerprint density at radius 3 is 2.22 bits per heavy atom. The number of fused-ring (bicyclic) bond motifs is 4. The van der Waals surface area contributed by atoms with Crippen molar-refractivity contribution in [1.29, 1.82) is 0 Å². The molecule has 3 heteroatoms. The quantitative estimate of drug-likeness (QED) is 0.165. The third-order valence-electron chi connectivity index (χ3n) is 9.40. The van der Waals surface area contributed by atoms with Gasteiger partial charge < -0.3 is 4.57 Å². The number of rotatable bonds is 7. The minimum Gasteiger partial charge on any atom is -0.313 e. The van der Waals surface area contributed by atoms with E-state index >= 15 is 0 Å². The van der Waals surface area contributed by atoms with Crippen molar-refractivity contribution in [3.63, 3.8) is 0 Å². The highest BCUT2D eigenvalue weighted by molar-refractivity contribution is 8.40. The molecule has 0 fully saturated rings. The van der Waals surface area contributed by atoms with Crippen molar-refractivity contribution in [2.24, 2.45) is 0 Å². The van der Waals surface area contributed by atoms with Crippen LogP contribution in [0.4, 0.5) is 0 Å². The maximum atomic E-state index is 4.39. The highest BCUT2D eigenvalue weighted by Crippen LogP contribution is 2.75. The number of benzene rings is 4. The second-order valence-corrected chi connectivity index (χ2v) is 16.3. The van der Waals surface area contributed by atoms with Gasteiger partial charge in [-0.15, -0.1) is 21.4 Å². The summed E-state index contributed by atoms with van der Waals surface area (Å²) in [6.45, 7) is 10.8. The van der Waals surface area contributed by atoms with Gasteiger partial charge in [0.05, 0.1) is 5.69 Å². The first-order valence-corrected chi connectivity index (χ1v) is 18.5. The Hall–Kier alpha value is -4.57. The number of nitrogens with zero attached hydrogens (tertiary/aromatic N) is 1. The molecule has 6 aromatic rings. The van der Waals surface area contributed by atoms with Gasteiger partial charge in [0.1, 0.15) is 0 Å². The second-order valence-electron chi connectivity index (χ2n) is 12.1. The first-order chi connectivity index (χ1) is 22.6. The Bertz CT molecular complexity index is 2260. The zero-order valence-electron chi connectivity index (χ0n) is 26.2. The summed E-state index contributed by atoms with van der Waals surface area (Å²) in [6.07, 6.45) is 13.2. The van der Waals surface area contributed by atoms with Crippen molar-refractivity contribution in [3.8, 4) is 5.69 Å². The number of thiophene rings is 1. The molecule has 0 radical (unpaired) electrons. The van der Waals surface area contributed by atoms with Crippen LogP contribution in [0.5, 0.6) is 0 Å². The minimum atomic E-state index is -1.84. The Morgan fingerprint density at radius 1 is 0.804 bits per heavy atom. The molecule has 2 aliphatic carbocycles. The first kappa shape index (κ1) is 28.9. The molecular weight excluding hydrogens is 595 g/mol. The maximum absolute atomic E-state index is 4.39. The van der Waals surface area contributed by atoms with Crippen LogP contribution in [0, 0.1) is 0 Å². The summed E-state index contributed by atoms with van der Waals surface area (Å²) in [4.78, 5) is 5.68. The van der Waals surface area contributed by atoms with Crippen molar-refractivity contribution in [3.05, 3.63) is 161 Å². The highest BCUT2D eigenvalue weighted by atomic mass is 32.3.